The number of benzene rings is 5. The van der Waals surface area contributed by atoms with Gasteiger partial charge in [0.05, 0.1) is 25.7 Å². The van der Waals surface area contributed by atoms with E-state index in [4.69, 9.17) is 0 Å². The number of nitrogens with zero attached hydrogens (tertiary/aromatic N) is 5. The third-order valence-corrected chi connectivity index (χ3v) is 15.9. The van der Waals surface area contributed by atoms with Gasteiger partial charge in [0.2, 0.25) is 5.91 Å². The smallest absolute Gasteiger partial charge is 0.293 e. The molecule has 0 spiro atoms. The number of aromatic hydroxyl groups is 3. The highest BCUT2D eigenvalue weighted by atomic mass is 16.3. The van der Waals surface area contributed by atoms with Crippen molar-refractivity contribution in [3.05, 3.63) is 264 Å². The predicted molar refractivity (Wildman–Crippen MR) is 336 cm³/mol. The molecule has 3 aliphatic rings. The molecule has 0 aliphatic carbocycles. The van der Waals surface area contributed by atoms with E-state index in [2.05, 4.69) is 85.7 Å². The van der Waals surface area contributed by atoms with Gasteiger partial charge in [-0.25, -0.2) is 0 Å². The fraction of sp³-hybridized carbons (Fsp3) is 0.333. The Balaban J connectivity index is 0.000000166. The zero-order valence-electron chi connectivity index (χ0n) is 47.8. The molecule has 0 radical (unpaired) electrons. The molecular weight excluding hydrogens is 1070 g/mol. The van der Waals surface area contributed by atoms with E-state index in [0.717, 1.165) is 94.5 Å². The molecule has 8 aromatic rings. The van der Waals surface area contributed by atoms with E-state index in [1.807, 2.05) is 109 Å². The zero-order valence-corrected chi connectivity index (χ0v) is 47.8. The van der Waals surface area contributed by atoms with Crippen LogP contribution in [0.5, 0.6) is 17.2 Å². The summed E-state index contributed by atoms with van der Waals surface area (Å²) in [7, 11) is 0. The van der Waals surface area contributed by atoms with Crippen LogP contribution in [0.25, 0.3) is 0 Å². The molecule has 446 valence electrons. The third-order valence-electron chi connectivity index (χ3n) is 15.9. The Morgan fingerprint density at radius 3 is 1.15 bits per heavy atom. The summed E-state index contributed by atoms with van der Waals surface area (Å²) in [5.41, 5.74) is 6.46. The summed E-state index contributed by atoms with van der Waals surface area (Å²) in [4.78, 5) is 54.3. The Labute approximate surface area is 499 Å². The van der Waals surface area contributed by atoms with Gasteiger partial charge in [0.15, 0.2) is 17.2 Å². The summed E-state index contributed by atoms with van der Waals surface area (Å²) in [6.07, 6.45) is 11.1. The average Bonchev–Trinajstić information content (AvgIpc) is 4.04. The second-order valence-electron chi connectivity index (χ2n) is 22.0. The first-order valence-electron chi connectivity index (χ1n) is 29.4. The van der Waals surface area contributed by atoms with E-state index in [0.29, 0.717) is 68.0 Å². The van der Waals surface area contributed by atoms with Gasteiger partial charge in [0.25, 0.3) is 16.7 Å². The average molecular weight is 1150 g/mol. The van der Waals surface area contributed by atoms with E-state index in [9.17, 15) is 34.5 Å². The molecule has 2 atom stereocenters. The largest absolute Gasteiger partial charge is 0.503 e. The Bertz CT molecular complexity index is 3500. The molecule has 85 heavy (non-hydrogen) atoms. The van der Waals surface area contributed by atoms with Crippen molar-refractivity contribution < 1.29 is 20.1 Å². The summed E-state index contributed by atoms with van der Waals surface area (Å²) in [6, 6.07) is 56.2. The van der Waals surface area contributed by atoms with Crippen LogP contribution in [0.15, 0.2) is 203 Å². The SMILES string of the molecule is C.O=C1NCCCCC1NCc1ccn(Cc2ccccc2)c(=O)c1O.O=c1c(O)c(CNC2CCN(Cc3ccccc3)C2)ccn1Cc1ccccc1.O=c1c(O)c(CNC2CCN(Cc3ccccc3)CC2)ccn1Cc1ccccc1. The Hall–Kier alpha value is -8.38. The van der Waals surface area contributed by atoms with E-state index in [-0.39, 0.29) is 54.3 Å². The fourth-order valence-corrected chi connectivity index (χ4v) is 10.9. The number of likely N-dealkylation sites (tertiary alicyclic amines) is 2. The first-order valence-corrected chi connectivity index (χ1v) is 29.4. The maximum absolute atomic E-state index is 12.5. The van der Waals surface area contributed by atoms with Crippen molar-refractivity contribution >= 4 is 5.91 Å². The van der Waals surface area contributed by atoms with Crippen LogP contribution >= 0.6 is 0 Å². The minimum absolute atomic E-state index is 0. The normalized spacial score (nSPS) is 16.4. The zero-order chi connectivity index (χ0) is 58.5. The lowest BCUT2D eigenvalue weighted by Crippen LogP contribution is -2.42. The van der Waals surface area contributed by atoms with E-state index < -0.39 is 5.56 Å². The molecule has 3 aromatic heterocycles. The number of amides is 1. The molecule has 16 nitrogen and oxygen atoms in total. The standard InChI is InChI=1S/C25H29N3O2.C24H27N3O2.C19H23N3O3.CH4/c29-24-22(11-16-28(25(24)30)19-21-9-5-2-6-10-21)17-26-23-12-14-27(15-13-23)18-20-7-3-1-4-8-20;28-23-21(11-14-27(24(23)29)17-20-9-5-2-6-10-20)15-25-22-12-13-26(18-22)16-19-7-3-1-4-8-19;23-17-15(12-21-16-8-4-5-10-20-18(16)24)9-11-22(19(17)25)13-14-6-2-1-3-7-14;/h1-11,16,23,26,29H,12-15,17-19H2;1-11,14,22,25,28H,12-13,15-18H2;1-3,6-7,9,11,16,21,23H,4-5,8,10,12-13H2,(H,20,24);1H4. The van der Waals surface area contributed by atoms with Crippen molar-refractivity contribution in [3.63, 3.8) is 0 Å². The fourth-order valence-electron chi connectivity index (χ4n) is 10.9. The summed E-state index contributed by atoms with van der Waals surface area (Å²) in [5, 5.41) is 44.1. The minimum Gasteiger partial charge on any atom is -0.503 e. The molecule has 2 unspecified atom stereocenters. The predicted octanol–water partition coefficient (Wildman–Crippen LogP) is 8.32. The lowest BCUT2D eigenvalue weighted by molar-refractivity contribution is -0.122. The first kappa shape index (κ1) is 62.7. The second kappa shape index (κ2) is 32.0. The van der Waals surface area contributed by atoms with Gasteiger partial charge in [0, 0.05) is 99.7 Å². The van der Waals surface area contributed by atoms with Crippen LogP contribution in [-0.2, 0) is 57.2 Å². The minimum atomic E-state index is -0.423. The van der Waals surface area contributed by atoms with Gasteiger partial charge in [-0.15, -0.1) is 0 Å². The third kappa shape index (κ3) is 18.6. The number of hydrogen-bond acceptors (Lipinski definition) is 12. The molecule has 7 N–H and O–H groups in total. The molecule has 11 rings (SSSR count). The number of hydrogen-bond donors (Lipinski definition) is 7. The number of aromatic nitrogens is 3. The van der Waals surface area contributed by atoms with Crippen molar-refractivity contribution in [1.82, 2.24) is 44.8 Å². The van der Waals surface area contributed by atoms with Crippen LogP contribution in [0.2, 0.25) is 0 Å². The van der Waals surface area contributed by atoms with Crippen molar-refractivity contribution in [1.29, 1.82) is 0 Å². The van der Waals surface area contributed by atoms with Gasteiger partial charge >= 0.3 is 0 Å². The quantitative estimate of drug-likeness (QED) is 0.0410. The van der Waals surface area contributed by atoms with Crippen molar-refractivity contribution in [2.24, 2.45) is 0 Å². The highest BCUT2D eigenvalue weighted by Gasteiger charge is 2.24. The lowest BCUT2D eigenvalue weighted by Gasteiger charge is -2.32. The van der Waals surface area contributed by atoms with Crippen molar-refractivity contribution in [2.45, 2.75) is 116 Å². The Kier molecular flexibility index (Phi) is 23.6. The van der Waals surface area contributed by atoms with Gasteiger partial charge in [-0.05, 0) is 97.6 Å². The lowest BCUT2D eigenvalue weighted by atomic mass is 10.0. The summed E-state index contributed by atoms with van der Waals surface area (Å²) in [6.45, 7) is 9.40. The topological polar surface area (TPSA) is 198 Å². The van der Waals surface area contributed by atoms with Gasteiger partial charge in [-0.1, -0.05) is 159 Å². The maximum atomic E-state index is 12.5. The molecule has 5 aromatic carbocycles. The van der Waals surface area contributed by atoms with Crippen LogP contribution in [0.1, 0.15) is 90.5 Å². The summed E-state index contributed by atoms with van der Waals surface area (Å²) in [5.74, 6) is -0.591. The number of nitrogens with one attached hydrogen (secondary N) is 4. The molecule has 0 saturated carbocycles. The molecule has 3 saturated heterocycles. The molecule has 1 amide bonds. The van der Waals surface area contributed by atoms with Gasteiger partial charge in [0.1, 0.15) is 0 Å². The van der Waals surface area contributed by atoms with Crippen LogP contribution in [0.3, 0.4) is 0 Å². The van der Waals surface area contributed by atoms with Crippen LogP contribution < -0.4 is 37.9 Å². The molecule has 6 heterocycles. The maximum Gasteiger partial charge on any atom is 0.293 e. The van der Waals surface area contributed by atoms with Crippen LogP contribution in [0.4, 0.5) is 0 Å². The molecule has 3 aliphatic heterocycles. The van der Waals surface area contributed by atoms with Gasteiger partial charge in [-0.3, -0.25) is 29.0 Å². The van der Waals surface area contributed by atoms with Gasteiger partial charge in [-0.2, -0.15) is 0 Å². The van der Waals surface area contributed by atoms with Gasteiger partial charge < -0.3 is 50.3 Å². The number of rotatable bonds is 19. The molecule has 16 heteroatoms. The Morgan fingerprint density at radius 1 is 0.400 bits per heavy atom. The van der Waals surface area contributed by atoms with Crippen LogP contribution in [0, 0.1) is 0 Å². The number of carbonyl (C=O) groups is 1. The molecule has 3 fully saturated rings. The number of carbonyl (C=O) groups excluding carboxylic acids is 1. The highest BCUT2D eigenvalue weighted by Crippen LogP contribution is 2.20. The van der Waals surface area contributed by atoms with Crippen LogP contribution in [-0.4, -0.2) is 95.6 Å². The highest BCUT2D eigenvalue weighted by molar-refractivity contribution is 5.81. The summed E-state index contributed by atoms with van der Waals surface area (Å²) >= 11 is 0. The van der Waals surface area contributed by atoms with E-state index in [1.165, 1.54) is 15.7 Å². The van der Waals surface area contributed by atoms with Crippen molar-refractivity contribution in [2.75, 3.05) is 32.7 Å². The second-order valence-corrected chi connectivity index (χ2v) is 22.0. The summed E-state index contributed by atoms with van der Waals surface area (Å²) < 4.78 is 4.58. The number of piperidine rings is 1. The monoisotopic (exact) mass is 1150 g/mol. The number of pyridine rings is 3. The molecule has 0 bridgehead atoms. The Morgan fingerprint density at radius 2 is 0.741 bits per heavy atom. The first-order chi connectivity index (χ1) is 41.0. The van der Waals surface area contributed by atoms with Crippen molar-refractivity contribution in [3.8, 4) is 17.2 Å². The molecular formula is C69H83N9O7. The van der Waals surface area contributed by atoms with E-state index >= 15 is 0 Å². The van der Waals surface area contributed by atoms with E-state index in [1.54, 1.807) is 33.8 Å².